The maximum absolute atomic E-state index is 12.0. The topological polar surface area (TPSA) is 88.0 Å². The molecule has 0 fully saturated rings. The Kier molecular flexibility index (Phi) is 9.11. The Morgan fingerprint density at radius 1 is 1.20 bits per heavy atom. The zero-order valence-corrected chi connectivity index (χ0v) is 18.8. The third-order valence-corrected chi connectivity index (χ3v) is 6.85. The number of hydrogen-bond acceptors (Lipinski definition) is 4. The first-order valence-corrected chi connectivity index (χ1v) is 10.7. The van der Waals surface area contributed by atoms with Crippen LogP contribution in [-0.4, -0.2) is 38.2 Å². The molecule has 138 valence electrons. The van der Waals surface area contributed by atoms with Crippen LogP contribution in [-0.2, 0) is 14.4 Å². The normalized spacial score (nSPS) is 12.0. The molecule has 1 aromatic carbocycles. The van der Waals surface area contributed by atoms with Crippen molar-refractivity contribution in [1.82, 2.24) is 0 Å². The minimum atomic E-state index is -0.969. The number of oxime groups is 1. The summed E-state index contributed by atoms with van der Waals surface area (Å²) in [5.74, 6) is -1.31. The molecular weight excluding hydrogens is 550 g/mol. The van der Waals surface area contributed by atoms with Gasteiger partial charge in [-0.2, -0.15) is 0 Å². The van der Waals surface area contributed by atoms with Gasteiger partial charge in [-0.1, -0.05) is 63.3 Å². The number of aryl methyl sites for hydroxylation is 2. The van der Waals surface area contributed by atoms with Crippen molar-refractivity contribution < 1.29 is 19.5 Å². The van der Waals surface area contributed by atoms with Crippen LogP contribution in [0.2, 0.25) is 0 Å². The third-order valence-electron chi connectivity index (χ3n) is 3.48. The first-order valence-electron chi connectivity index (χ1n) is 7.61. The standard InChI is InChI=1S/C17H22I2N2O4/c1-11-4-12(2)6-13(5-11)20-15(22)8-25-21-14(7-16(23)24)17(3,9-18)10-19/h4-6H,7-10H2,1-3H3,(H,20,22)(H,23,24). The van der Waals surface area contributed by atoms with Crippen molar-refractivity contribution in [2.75, 3.05) is 20.8 Å². The molecular formula is C17H22I2N2O4. The number of amides is 1. The lowest BCUT2D eigenvalue weighted by molar-refractivity contribution is -0.135. The van der Waals surface area contributed by atoms with E-state index in [1.165, 1.54) is 0 Å². The SMILES string of the molecule is Cc1cc(C)cc(NC(=O)CON=C(CC(=O)O)C(C)(CI)CI)c1. The summed E-state index contributed by atoms with van der Waals surface area (Å²) < 4.78 is 1.41. The predicted octanol–water partition coefficient (Wildman–Crippen LogP) is 3.97. The van der Waals surface area contributed by atoms with Crippen LogP contribution in [0.15, 0.2) is 23.4 Å². The number of hydrogen-bond donors (Lipinski definition) is 2. The number of carboxylic acid groups (broad SMARTS) is 1. The summed E-state index contributed by atoms with van der Waals surface area (Å²) >= 11 is 4.40. The number of rotatable bonds is 9. The Bertz CT molecular complexity index is 638. The summed E-state index contributed by atoms with van der Waals surface area (Å²) in [5, 5.41) is 15.8. The molecule has 0 aliphatic heterocycles. The van der Waals surface area contributed by atoms with E-state index in [0.29, 0.717) is 20.3 Å². The zero-order valence-electron chi connectivity index (χ0n) is 14.4. The van der Waals surface area contributed by atoms with Crippen LogP contribution in [0.3, 0.4) is 0 Å². The van der Waals surface area contributed by atoms with E-state index >= 15 is 0 Å². The highest BCUT2D eigenvalue weighted by atomic mass is 127. The smallest absolute Gasteiger partial charge is 0.309 e. The lowest BCUT2D eigenvalue weighted by Crippen LogP contribution is -2.33. The van der Waals surface area contributed by atoms with E-state index in [1.807, 2.05) is 39.0 Å². The van der Waals surface area contributed by atoms with Crippen molar-refractivity contribution in [1.29, 1.82) is 0 Å². The number of anilines is 1. The van der Waals surface area contributed by atoms with E-state index in [4.69, 9.17) is 9.94 Å². The molecule has 25 heavy (non-hydrogen) atoms. The molecule has 0 heterocycles. The van der Waals surface area contributed by atoms with Gasteiger partial charge in [0.2, 0.25) is 0 Å². The van der Waals surface area contributed by atoms with E-state index in [2.05, 4.69) is 55.7 Å². The average molecular weight is 572 g/mol. The molecule has 0 spiro atoms. The van der Waals surface area contributed by atoms with Crippen molar-refractivity contribution in [2.45, 2.75) is 27.2 Å². The number of aliphatic carboxylic acids is 1. The molecule has 8 heteroatoms. The lowest BCUT2D eigenvalue weighted by atomic mass is 9.88. The summed E-state index contributed by atoms with van der Waals surface area (Å²) in [7, 11) is 0. The van der Waals surface area contributed by atoms with E-state index in [1.54, 1.807) is 0 Å². The molecule has 0 saturated carbocycles. The van der Waals surface area contributed by atoms with Gasteiger partial charge in [0.05, 0.1) is 12.1 Å². The van der Waals surface area contributed by atoms with Crippen molar-refractivity contribution in [3.8, 4) is 0 Å². The van der Waals surface area contributed by atoms with Crippen molar-refractivity contribution >= 4 is 68.5 Å². The molecule has 0 aliphatic rings. The summed E-state index contributed by atoms with van der Waals surface area (Å²) in [5.41, 5.74) is 2.85. The predicted molar refractivity (Wildman–Crippen MR) is 116 cm³/mol. The quantitative estimate of drug-likeness (QED) is 0.203. The number of carbonyl (C=O) groups excluding carboxylic acids is 1. The van der Waals surface area contributed by atoms with Gasteiger partial charge in [0.1, 0.15) is 0 Å². The zero-order chi connectivity index (χ0) is 19.0. The van der Waals surface area contributed by atoms with Gasteiger partial charge in [-0.15, -0.1) is 0 Å². The van der Waals surface area contributed by atoms with Gasteiger partial charge in [0.15, 0.2) is 6.61 Å². The molecule has 6 nitrogen and oxygen atoms in total. The maximum atomic E-state index is 12.0. The van der Waals surface area contributed by atoms with Crippen LogP contribution in [0.5, 0.6) is 0 Å². The van der Waals surface area contributed by atoms with E-state index < -0.39 is 5.97 Å². The highest BCUT2D eigenvalue weighted by molar-refractivity contribution is 14.1. The molecule has 0 unspecified atom stereocenters. The van der Waals surface area contributed by atoms with Crippen LogP contribution >= 0.6 is 45.2 Å². The summed E-state index contributed by atoms with van der Waals surface area (Å²) in [6, 6.07) is 5.75. The molecule has 0 aromatic heterocycles. The summed E-state index contributed by atoms with van der Waals surface area (Å²) in [4.78, 5) is 28.2. The Balaban J connectivity index is 2.73. The van der Waals surface area contributed by atoms with Crippen molar-refractivity contribution in [3.63, 3.8) is 0 Å². The van der Waals surface area contributed by atoms with Gasteiger partial charge in [0.25, 0.3) is 5.91 Å². The molecule has 0 atom stereocenters. The van der Waals surface area contributed by atoms with Gasteiger partial charge < -0.3 is 15.3 Å². The molecule has 0 aliphatic carbocycles. The monoisotopic (exact) mass is 572 g/mol. The van der Waals surface area contributed by atoms with Crippen LogP contribution in [0, 0.1) is 19.3 Å². The molecule has 1 amide bonds. The van der Waals surface area contributed by atoms with Crippen molar-refractivity contribution in [3.05, 3.63) is 29.3 Å². The molecule has 0 saturated heterocycles. The fourth-order valence-electron chi connectivity index (χ4n) is 2.10. The second kappa shape index (κ2) is 10.3. The van der Waals surface area contributed by atoms with E-state index in [0.717, 1.165) is 11.1 Å². The Hall–Kier alpha value is -0.910. The first kappa shape index (κ1) is 22.1. The van der Waals surface area contributed by atoms with Gasteiger partial charge in [0, 0.05) is 20.0 Å². The number of nitrogens with zero attached hydrogens (tertiary/aromatic N) is 1. The molecule has 0 radical (unpaired) electrons. The molecule has 0 bridgehead atoms. The third kappa shape index (κ3) is 7.47. The van der Waals surface area contributed by atoms with Gasteiger partial charge in [-0.05, 0) is 37.1 Å². The first-order chi connectivity index (χ1) is 11.7. The van der Waals surface area contributed by atoms with Gasteiger partial charge in [-0.3, -0.25) is 9.59 Å². The minimum absolute atomic E-state index is 0.207. The van der Waals surface area contributed by atoms with Crippen LogP contribution < -0.4 is 5.32 Å². The Morgan fingerprint density at radius 2 is 1.76 bits per heavy atom. The largest absolute Gasteiger partial charge is 0.481 e. The molecule has 1 rings (SSSR count). The fourth-order valence-corrected chi connectivity index (χ4v) is 4.55. The number of carbonyl (C=O) groups is 2. The second-order valence-electron chi connectivity index (χ2n) is 6.13. The molecule has 2 N–H and O–H groups in total. The number of carboxylic acids is 1. The van der Waals surface area contributed by atoms with Crippen LogP contribution in [0.25, 0.3) is 0 Å². The average Bonchev–Trinajstić information content (AvgIpc) is 2.51. The fraction of sp³-hybridized carbons (Fsp3) is 0.471. The Labute approximate surface area is 175 Å². The number of benzene rings is 1. The second-order valence-corrected chi connectivity index (χ2v) is 7.66. The summed E-state index contributed by atoms with van der Waals surface area (Å²) in [6.45, 7) is 5.58. The van der Waals surface area contributed by atoms with Gasteiger partial charge >= 0.3 is 5.97 Å². The highest BCUT2D eigenvalue weighted by Crippen LogP contribution is 2.27. The maximum Gasteiger partial charge on any atom is 0.309 e. The highest BCUT2D eigenvalue weighted by Gasteiger charge is 2.30. The number of halogens is 2. The number of nitrogens with one attached hydrogen (secondary N) is 1. The van der Waals surface area contributed by atoms with Gasteiger partial charge in [-0.25, -0.2) is 0 Å². The van der Waals surface area contributed by atoms with Crippen LogP contribution in [0.1, 0.15) is 24.5 Å². The van der Waals surface area contributed by atoms with E-state index in [9.17, 15) is 9.59 Å². The minimum Gasteiger partial charge on any atom is -0.481 e. The molecule has 1 aromatic rings. The lowest BCUT2D eigenvalue weighted by Gasteiger charge is -2.25. The van der Waals surface area contributed by atoms with Crippen molar-refractivity contribution in [2.24, 2.45) is 10.6 Å². The Morgan fingerprint density at radius 3 is 2.24 bits per heavy atom. The number of alkyl halides is 2. The van der Waals surface area contributed by atoms with E-state index in [-0.39, 0.29) is 24.3 Å². The summed E-state index contributed by atoms with van der Waals surface area (Å²) in [6.07, 6.45) is -0.207. The van der Waals surface area contributed by atoms with Crippen LogP contribution in [0.4, 0.5) is 5.69 Å².